The number of hydrogen-bond donors (Lipinski definition) is 2. The van der Waals surface area contributed by atoms with Gasteiger partial charge < -0.3 is 5.11 Å². The van der Waals surface area contributed by atoms with Gasteiger partial charge in [0.25, 0.3) is 0 Å². The van der Waals surface area contributed by atoms with Crippen molar-refractivity contribution in [2.24, 2.45) is 0 Å². The highest BCUT2D eigenvalue weighted by Crippen LogP contribution is 2.32. The minimum atomic E-state index is -3.92. The Balaban J connectivity index is 1.57. The van der Waals surface area contributed by atoms with Gasteiger partial charge in [-0.25, -0.2) is 21.6 Å². The van der Waals surface area contributed by atoms with Crippen LogP contribution in [-0.2, 0) is 26.5 Å². The van der Waals surface area contributed by atoms with Crippen molar-refractivity contribution >= 4 is 20.0 Å². The Hall–Kier alpha value is -1.78. The second kappa shape index (κ2) is 7.23. The number of aliphatic hydroxyl groups is 1. The topological polar surface area (TPSA) is 104 Å². The van der Waals surface area contributed by atoms with Gasteiger partial charge in [0.05, 0.1) is 21.9 Å². The standard InChI is InChI=1S/C19H22N2O5S2/c22-18-13-14-5-1-2-6-17(14)19(18)20-27(23,24)15-7-9-16(10-8-15)28(25,26)21-11-3-4-12-21/h1-2,5-10,18-20,22H,3-4,11-13H2/t18-,19+/m1/s1. The number of hydrogen-bond acceptors (Lipinski definition) is 5. The molecule has 2 aromatic rings. The Morgan fingerprint density at radius 2 is 1.50 bits per heavy atom. The highest BCUT2D eigenvalue weighted by Gasteiger charge is 2.34. The number of rotatable bonds is 5. The second-order valence-electron chi connectivity index (χ2n) is 7.15. The molecule has 2 N–H and O–H groups in total. The summed E-state index contributed by atoms with van der Waals surface area (Å²) in [5.41, 5.74) is 1.67. The molecule has 2 aliphatic rings. The fourth-order valence-electron chi connectivity index (χ4n) is 3.82. The van der Waals surface area contributed by atoms with E-state index in [9.17, 15) is 21.9 Å². The number of nitrogens with one attached hydrogen (secondary N) is 1. The molecular formula is C19H22N2O5S2. The van der Waals surface area contributed by atoms with Crippen LogP contribution in [0.4, 0.5) is 0 Å². The maximum absolute atomic E-state index is 12.8. The second-order valence-corrected chi connectivity index (χ2v) is 10.8. The molecule has 2 atom stereocenters. The van der Waals surface area contributed by atoms with Crippen molar-refractivity contribution in [3.05, 3.63) is 59.7 Å². The van der Waals surface area contributed by atoms with Crippen molar-refractivity contribution in [2.75, 3.05) is 13.1 Å². The molecule has 1 saturated heterocycles. The predicted octanol–water partition coefficient (Wildman–Crippen LogP) is 1.41. The monoisotopic (exact) mass is 422 g/mol. The maximum atomic E-state index is 12.8. The van der Waals surface area contributed by atoms with E-state index in [0.29, 0.717) is 19.5 Å². The summed E-state index contributed by atoms with van der Waals surface area (Å²) in [4.78, 5) is 0.0454. The molecule has 1 aliphatic carbocycles. The highest BCUT2D eigenvalue weighted by atomic mass is 32.2. The summed E-state index contributed by atoms with van der Waals surface area (Å²) in [5, 5.41) is 10.3. The summed E-state index contributed by atoms with van der Waals surface area (Å²) in [7, 11) is -7.51. The van der Waals surface area contributed by atoms with Gasteiger partial charge in [0.2, 0.25) is 20.0 Å². The van der Waals surface area contributed by atoms with Gasteiger partial charge in [-0.05, 0) is 48.2 Å². The summed E-state index contributed by atoms with van der Waals surface area (Å²) in [6.45, 7) is 0.978. The number of aliphatic hydroxyl groups excluding tert-OH is 1. The molecular weight excluding hydrogens is 400 g/mol. The van der Waals surface area contributed by atoms with Crippen molar-refractivity contribution in [2.45, 2.75) is 41.2 Å². The van der Waals surface area contributed by atoms with Crippen LogP contribution < -0.4 is 4.72 Å². The molecule has 7 nitrogen and oxygen atoms in total. The van der Waals surface area contributed by atoms with E-state index in [0.717, 1.165) is 24.0 Å². The number of benzene rings is 2. The quantitative estimate of drug-likeness (QED) is 0.758. The molecule has 0 spiro atoms. The largest absolute Gasteiger partial charge is 0.391 e. The summed E-state index contributed by atoms with van der Waals surface area (Å²) in [6, 6.07) is 11.8. The highest BCUT2D eigenvalue weighted by molar-refractivity contribution is 7.89. The van der Waals surface area contributed by atoms with E-state index in [1.54, 1.807) is 12.1 Å². The summed E-state index contributed by atoms with van der Waals surface area (Å²) >= 11 is 0. The van der Waals surface area contributed by atoms with Crippen molar-refractivity contribution in [3.8, 4) is 0 Å². The zero-order valence-electron chi connectivity index (χ0n) is 15.2. The molecule has 1 fully saturated rings. The third kappa shape index (κ3) is 3.48. The fourth-order valence-corrected chi connectivity index (χ4v) is 6.59. The third-order valence-electron chi connectivity index (χ3n) is 5.32. The van der Waals surface area contributed by atoms with Gasteiger partial charge in [-0.3, -0.25) is 0 Å². The Kier molecular flexibility index (Phi) is 5.05. The van der Waals surface area contributed by atoms with Crippen LogP contribution >= 0.6 is 0 Å². The molecule has 0 saturated carbocycles. The van der Waals surface area contributed by atoms with E-state index in [2.05, 4.69) is 4.72 Å². The first kappa shape index (κ1) is 19.5. The zero-order valence-corrected chi connectivity index (χ0v) is 16.8. The number of nitrogens with zero attached hydrogens (tertiary/aromatic N) is 1. The molecule has 0 radical (unpaired) electrons. The average molecular weight is 423 g/mol. The lowest BCUT2D eigenvalue weighted by molar-refractivity contribution is 0.151. The van der Waals surface area contributed by atoms with E-state index >= 15 is 0 Å². The molecule has 1 heterocycles. The Morgan fingerprint density at radius 1 is 0.893 bits per heavy atom. The summed E-state index contributed by atoms with van der Waals surface area (Å²) in [6.07, 6.45) is 1.21. The van der Waals surface area contributed by atoms with E-state index in [4.69, 9.17) is 0 Å². The van der Waals surface area contributed by atoms with E-state index < -0.39 is 32.2 Å². The van der Waals surface area contributed by atoms with Crippen molar-refractivity contribution in [1.29, 1.82) is 0 Å². The number of fused-ring (bicyclic) bond motifs is 1. The van der Waals surface area contributed by atoms with Crippen LogP contribution in [0.25, 0.3) is 0 Å². The molecule has 0 amide bonds. The minimum absolute atomic E-state index is 0.0375. The summed E-state index contributed by atoms with van der Waals surface area (Å²) in [5.74, 6) is 0. The SMILES string of the molecule is O=S(=O)(N[C@H]1c2ccccc2C[C@H]1O)c1ccc(S(=O)(=O)N2CCCC2)cc1. The smallest absolute Gasteiger partial charge is 0.243 e. The first-order valence-electron chi connectivity index (χ1n) is 9.17. The van der Waals surface area contributed by atoms with Crippen LogP contribution in [0, 0.1) is 0 Å². The summed E-state index contributed by atoms with van der Waals surface area (Å²) < 4.78 is 54.7. The first-order chi connectivity index (χ1) is 13.3. The third-order valence-corrected chi connectivity index (χ3v) is 8.69. The van der Waals surface area contributed by atoms with Gasteiger partial charge >= 0.3 is 0 Å². The van der Waals surface area contributed by atoms with Crippen molar-refractivity contribution in [3.63, 3.8) is 0 Å². The fraction of sp³-hybridized carbons (Fsp3) is 0.368. The van der Waals surface area contributed by atoms with Crippen LogP contribution in [0.15, 0.2) is 58.3 Å². The van der Waals surface area contributed by atoms with Crippen molar-refractivity contribution in [1.82, 2.24) is 9.03 Å². The van der Waals surface area contributed by atoms with Gasteiger partial charge in [0.15, 0.2) is 0 Å². The van der Waals surface area contributed by atoms with Crippen molar-refractivity contribution < 1.29 is 21.9 Å². The molecule has 1 aliphatic heterocycles. The predicted molar refractivity (Wildman–Crippen MR) is 104 cm³/mol. The van der Waals surface area contributed by atoms with Gasteiger partial charge in [0, 0.05) is 19.5 Å². The van der Waals surface area contributed by atoms with E-state index in [1.165, 1.54) is 28.6 Å². The maximum Gasteiger partial charge on any atom is 0.243 e. The molecule has 0 bridgehead atoms. The van der Waals surface area contributed by atoms with Gasteiger partial charge in [-0.15, -0.1) is 0 Å². The van der Waals surface area contributed by atoms with Crippen LogP contribution in [-0.4, -0.2) is 45.4 Å². The van der Waals surface area contributed by atoms with E-state index in [1.807, 2.05) is 12.1 Å². The Labute approximate surface area is 165 Å². The molecule has 150 valence electrons. The zero-order chi connectivity index (χ0) is 19.9. The van der Waals surface area contributed by atoms with Gasteiger partial charge in [-0.1, -0.05) is 24.3 Å². The molecule has 0 aromatic heterocycles. The van der Waals surface area contributed by atoms with Gasteiger partial charge in [-0.2, -0.15) is 4.31 Å². The molecule has 4 rings (SSSR count). The lowest BCUT2D eigenvalue weighted by Gasteiger charge is -2.19. The van der Waals surface area contributed by atoms with Crippen LogP contribution in [0.3, 0.4) is 0 Å². The van der Waals surface area contributed by atoms with Crippen LogP contribution in [0.2, 0.25) is 0 Å². The molecule has 0 unspecified atom stereocenters. The van der Waals surface area contributed by atoms with Gasteiger partial charge in [0.1, 0.15) is 0 Å². The van der Waals surface area contributed by atoms with Crippen LogP contribution in [0.1, 0.15) is 30.0 Å². The lowest BCUT2D eigenvalue weighted by atomic mass is 10.1. The van der Waals surface area contributed by atoms with Crippen LogP contribution in [0.5, 0.6) is 0 Å². The Bertz CT molecular complexity index is 1080. The Morgan fingerprint density at radius 3 is 2.18 bits per heavy atom. The molecule has 9 heteroatoms. The normalized spacial score (nSPS) is 23.0. The lowest BCUT2D eigenvalue weighted by Crippen LogP contribution is -2.34. The average Bonchev–Trinajstić information content (AvgIpc) is 3.31. The molecule has 2 aromatic carbocycles. The minimum Gasteiger partial charge on any atom is -0.391 e. The van der Waals surface area contributed by atoms with E-state index in [-0.39, 0.29) is 9.79 Å². The molecule has 28 heavy (non-hydrogen) atoms. The first-order valence-corrected chi connectivity index (χ1v) is 12.1. The number of sulfonamides is 2.